The molecule has 4 rings (SSSR count). The molecule has 0 aromatic heterocycles. The molecule has 4 nitrogen and oxygen atoms in total. The summed E-state index contributed by atoms with van der Waals surface area (Å²) in [5.41, 5.74) is 5.35. The number of piperazine rings is 1. The van der Waals surface area contributed by atoms with Crippen LogP contribution in [0.2, 0.25) is 0 Å². The van der Waals surface area contributed by atoms with Gasteiger partial charge in [-0.05, 0) is 69.2 Å². The van der Waals surface area contributed by atoms with E-state index in [9.17, 15) is 5.11 Å². The summed E-state index contributed by atoms with van der Waals surface area (Å²) in [6.07, 6.45) is 7.53. The lowest BCUT2D eigenvalue weighted by Gasteiger charge is -2.40. The van der Waals surface area contributed by atoms with E-state index in [-0.39, 0.29) is 5.60 Å². The Balaban J connectivity index is 1.27. The van der Waals surface area contributed by atoms with E-state index in [0.717, 1.165) is 81.0 Å². The van der Waals surface area contributed by atoms with Gasteiger partial charge < -0.3 is 14.7 Å². The van der Waals surface area contributed by atoms with Crippen molar-refractivity contribution in [3.63, 3.8) is 0 Å². The molecule has 172 valence electrons. The van der Waals surface area contributed by atoms with Crippen LogP contribution < -0.4 is 4.74 Å². The van der Waals surface area contributed by atoms with Crippen molar-refractivity contribution in [1.82, 2.24) is 9.80 Å². The monoisotopic (exact) mass is 434 g/mol. The molecule has 2 aliphatic heterocycles. The minimum absolute atomic E-state index is 0.136. The number of hydrogen-bond acceptors (Lipinski definition) is 4. The topological polar surface area (TPSA) is 35.9 Å². The van der Waals surface area contributed by atoms with Crippen molar-refractivity contribution in [3.05, 3.63) is 64.2 Å². The van der Waals surface area contributed by atoms with Gasteiger partial charge in [0, 0.05) is 44.8 Å². The summed E-state index contributed by atoms with van der Waals surface area (Å²) in [7, 11) is 0. The SMILES string of the molecule is Cc1c(C)c2c(c(C)c1O)CCC(C)(CCN1CCN(CC=Cc3ccccc3)CC1)O2. The van der Waals surface area contributed by atoms with Gasteiger partial charge in [0.15, 0.2) is 0 Å². The van der Waals surface area contributed by atoms with Gasteiger partial charge in [-0.3, -0.25) is 4.90 Å². The highest BCUT2D eigenvalue weighted by Gasteiger charge is 2.35. The number of benzene rings is 2. The van der Waals surface area contributed by atoms with Crippen LogP contribution in [-0.2, 0) is 6.42 Å². The van der Waals surface area contributed by atoms with E-state index >= 15 is 0 Å². The summed E-state index contributed by atoms with van der Waals surface area (Å²) in [5.74, 6) is 1.45. The Labute approximate surface area is 193 Å². The van der Waals surface area contributed by atoms with Crippen LogP contribution in [0.5, 0.6) is 11.5 Å². The third-order valence-electron chi connectivity index (χ3n) is 7.49. The van der Waals surface area contributed by atoms with Gasteiger partial charge in [0.1, 0.15) is 17.1 Å². The largest absolute Gasteiger partial charge is 0.507 e. The third kappa shape index (κ3) is 5.02. The predicted octanol–water partition coefficient (Wildman–Crippen LogP) is 5.12. The molecule has 1 unspecified atom stereocenters. The van der Waals surface area contributed by atoms with Crippen LogP contribution in [0.3, 0.4) is 0 Å². The molecule has 0 saturated carbocycles. The van der Waals surface area contributed by atoms with Crippen LogP contribution in [0.15, 0.2) is 36.4 Å². The van der Waals surface area contributed by atoms with Crippen molar-refractivity contribution in [2.45, 2.75) is 52.6 Å². The van der Waals surface area contributed by atoms with Gasteiger partial charge in [-0.15, -0.1) is 0 Å². The highest BCUT2D eigenvalue weighted by atomic mass is 16.5. The molecule has 1 N–H and O–H groups in total. The van der Waals surface area contributed by atoms with Crippen LogP contribution in [0.4, 0.5) is 0 Å². The number of phenols is 1. The first-order valence-electron chi connectivity index (χ1n) is 12.0. The van der Waals surface area contributed by atoms with E-state index < -0.39 is 0 Å². The van der Waals surface area contributed by atoms with Crippen molar-refractivity contribution in [2.24, 2.45) is 0 Å². The Hall–Kier alpha value is -2.30. The Morgan fingerprint density at radius 1 is 0.969 bits per heavy atom. The van der Waals surface area contributed by atoms with Crippen LogP contribution in [-0.4, -0.2) is 59.8 Å². The average molecular weight is 435 g/mol. The molecular formula is C28H38N2O2. The quantitative estimate of drug-likeness (QED) is 0.684. The van der Waals surface area contributed by atoms with Crippen molar-refractivity contribution in [3.8, 4) is 11.5 Å². The van der Waals surface area contributed by atoms with Crippen LogP contribution in [0.1, 0.15) is 47.6 Å². The second-order valence-electron chi connectivity index (χ2n) is 9.79. The number of hydrogen-bond donors (Lipinski definition) is 1. The molecule has 32 heavy (non-hydrogen) atoms. The zero-order valence-corrected chi connectivity index (χ0v) is 20.2. The first kappa shape index (κ1) is 22.9. The van der Waals surface area contributed by atoms with E-state index in [1.807, 2.05) is 13.8 Å². The molecule has 1 fully saturated rings. The summed E-state index contributed by atoms with van der Waals surface area (Å²) in [6, 6.07) is 10.5. The molecule has 1 saturated heterocycles. The minimum Gasteiger partial charge on any atom is -0.507 e. The normalized spacial score (nSPS) is 22.1. The van der Waals surface area contributed by atoms with E-state index in [1.165, 1.54) is 11.1 Å². The Kier molecular flexibility index (Phi) is 6.92. The summed E-state index contributed by atoms with van der Waals surface area (Å²) in [6.45, 7) is 14.9. The Bertz CT molecular complexity index is 961. The number of aromatic hydroxyl groups is 1. The van der Waals surface area contributed by atoms with Gasteiger partial charge in [-0.25, -0.2) is 0 Å². The number of ether oxygens (including phenoxy) is 1. The lowest BCUT2D eigenvalue weighted by atomic mass is 9.85. The zero-order chi connectivity index (χ0) is 22.7. The number of fused-ring (bicyclic) bond motifs is 1. The number of rotatable bonds is 6. The van der Waals surface area contributed by atoms with Gasteiger partial charge in [0.05, 0.1) is 0 Å². The standard InChI is InChI=1S/C28H38N2O2/c1-21-22(2)27-25(23(3)26(21)31)12-13-28(4,32-27)14-16-30-19-17-29(18-20-30)15-8-11-24-9-6-5-7-10-24/h5-11,31H,12-20H2,1-4H3. The lowest BCUT2D eigenvalue weighted by molar-refractivity contribution is 0.0365. The molecule has 2 aromatic carbocycles. The molecule has 2 aliphatic rings. The van der Waals surface area contributed by atoms with Crippen molar-refractivity contribution in [2.75, 3.05) is 39.3 Å². The Morgan fingerprint density at radius 3 is 2.38 bits per heavy atom. The molecule has 0 spiro atoms. The molecular weight excluding hydrogens is 396 g/mol. The van der Waals surface area contributed by atoms with E-state index in [4.69, 9.17) is 4.74 Å². The molecule has 0 amide bonds. The van der Waals surface area contributed by atoms with Crippen LogP contribution in [0.25, 0.3) is 6.08 Å². The second-order valence-corrected chi connectivity index (χ2v) is 9.79. The van der Waals surface area contributed by atoms with Crippen LogP contribution >= 0.6 is 0 Å². The third-order valence-corrected chi connectivity index (χ3v) is 7.49. The van der Waals surface area contributed by atoms with Crippen molar-refractivity contribution < 1.29 is 9.84 Å². The fourth-order valence-electron chi connectivity index (χ4n) is 4.96. The maximum Gasteiger partial charge on any atom is 0.127 e. The maximum absolute atomic E-state index is 10.4. The minimum atomic E-state index is -0.136. The molecule has 0 bridgehead atoms. The zero-order valence-electron chi connectivity index (χ0n) is 20.2. The lowest BCUT2D eigenvalue weighted by Crippen LogP contribution is -2.48. The van der Waals surface area contributed by atoms with Crippen molar-refractivity contribution in [1.29, 1.82) is 0 Å². The molecule has 1 atom stereocenters. The first-order valence-corrected chi connectivity index (χ1v) is 12.0. The highest BCUT2D eigenvalue weighted by Crippen LogP contribution is 2.44. The predicted molar refractivity (Wildman–Crippen MR) is 133 cm³/mol. The second kappa shape index (κ2) is 9.68. The smallest absolute Gasteiger partial charge is 0.127 e. The van der Waals surface area contributed by atoms with Crippen LogP contribution in [0, 0.1) is 20.8 Å². The molecule has 4 heteroatoms. The van der Waals surface area contributed by atoms with Crippen molar-refractivity contribution >= 4 is 6.08 Å². The van der Waals surface area contributed by atoms with Gasteiger partial charge in [-0.2, -0.15) is 0 Å². The molecule has 0 radical (unpaired) electrons. The van der Waals surface area contributed by atoms with Gasteiger partial charge in [-0.1, -0.05) is 42.5 Å². The maximum atomic E-state index is 10.4. The average Bonchev–Trinajstić information content (AvgIpc) is 2.81. The van der Waals surface area contributed by atoms with Gasteiger partial charge in [0.25, 0.3) is 0 Å². The van der Waals surface area contributed by atoms with E-state index in [2.05, 4.69) is 66.1 Å². The highest BCUT2D eigenvalue weighted by molar-refractivity contribution is 5.58. The summed E-state index contributed by atoms with van der Waals surface area (Å²) >= 11 is 0. The fourth-order valence-corrected chi connectivity index (χ4v) is 4.96. The molecule has 2 heterocycles. The first-order chi connectivity index (χ1) is 15.4. The molecule has 2 aromatic rings. The van der Waals surface area contributed by atoms with Gasteiger partial charge >= 0.3 is 0 Å². The summed E-state index contributed by atoms with van der Waals surface area (Å²) in [4.78, 5) is 5.12. The summed E-state index contributed by atoms with van der Waals surface area (Å²) < 4.78 is 6.62. The number of phenolic OH excluding ortho intramolecular Hbond substituents is 1. The number of nitrogens with zero attached hydrogens (tertiary/aromatic N) is 2. The van der Waals surface area contributed by atoms with E-state index in [1.54, 1.807) is 0 Å². The van der Waals surface area contributed by atoms with Gasteiger partial charge in [0.2, 0.25) is 0 Å². The fraction of sp³-hybridized carbons (Fsp3) is 0.500. The van der Waals surface area contributed by atoms with E-state index in [0.29, 0.717) is 5.75 Å². The summed E-state index contributed by atoms with van der Waals surface area (Å²) in [5, 5.41) is 10.4. The Morgan fingerprint density at radius 2 is 1.66 bits per heavy atom. The molecule has 0 aliphatic carbocycles.